The maximum absolute atomic E-state index is 4.46. The van der Waals surface area contributed by atoms with E-state index >= 15 is 0 Å². The molecule has 1 atom stereocenters. The molecular formula is C16H21N3S. The molecule has 0 saturated carbocycles. The minimum absolute atomic E-state index is 0.307. The van der Waals surface area contributed by atoms with Gasteiger partial charge in [-0.25, -0.2) is 4.98 Å². The normalized spacial score (nSPS) is 15.5. The molecule has 1 aromatic carbocycles. The largest absolute Gasteiger partial charge is 0.385 e. The van der Waals surface area contributed by atoms with Crippen LogP contribution < -0.4 is 10.6 Å². The van der Waals surface area contributed by atoms with E-state index in [1.54, 1.807) is 11.3 Å². The molecule has 0 spiro atoms. The first kappa shape index (κ1) is 13.6. The van der Waals surface area contributed by atoms with E-state index in [0.717, 1.165) is 13.1 Å². The van der Waals surface area contributed by atoms with Crippen molar-refractivity contribution in [3.05, 3.63) is 45.4 Å². The van der Waals surface area contributed by atoms with Crippen LogP contribution in [-0.2, 0) is 13.0 Å². The van der Waals surface area contributed by atoms with Gasteiger partial charge in [0.2, 0.25) is 0 Å². The third-order valence-corrected chi connectivity index (χ3v) is 4.90. The Morgan fingerprint density at radius 3 is 3.15 bits per heavy atom. The Kier molecular flexibility index (Phi) is 4.03. The van der Waals surface area contributed by atoms with Gasteiger partial charge in [0.25, 0.3) is 0 Å². The quantitative estimate of drug-likeness (QED) is 0.901. The molecule has 0 amide bonds. The summed E-state index contributed by atoms with van der Waals surface area (Å²) in [5, 5.41) is 8.26. The molecule has 4 heteroatoms. The lowest BCUT2D eigenvalue weighted by Crippen LogP contribution is -2.20. The maximum Gasteiger partial charge on any atom is 0.109 e. The second kappa shape index (κ2) is 5.94. The van der Waals surface area contributed by atoms with Gasteiger partial charge in [-0.2, -0.15) is 0 Å². The molecule has 0 aliphatic carbocycles. The first-order valence-electron chi connectivity index (χ1n) is 7.24. The van der Waals surface area contributed by atoms with Gasteiger partial charge in [0, 0.05) is 29.9 Å². The molecule has 1 aromatic heterocycles. The van der Waals surface area contributed by atoms with E-state index in [2.05, 4.69) is 47.7 Å². The number of nitrogens with zero attached hydrogens (tertiary/aromatic N) is 1. The highest BCUT2D eigenvalue weighted by molar-refractivity contribution is 7.11. The van der Waals surface area contributed by atoms with Crippen LogP contribution in [0.1, 0.15) is 40.4 Å². The van der Waals surface area contributed by atoms with E-state index in [-0.39, 0.29) is 0 Å². The van der Waals surface area contributed by atoms with Gasteiger partial charge >= 0.3 is 0 Å². The second-order valence-electron chi connectivity index (χ2n) is 5.39. The molecule has 2 N–H and O–H groups in total. The van der Waals surface area contributed by atoms with Crippen molar-refractivity contribution in [3.8, 4) is 0 Å². The predicted octanol–water partition coefficient (Wildman–Crippen LogP) is 3.66. The van der Waals surface area contributed by atoms with Crippen LogP contribution in [0.2, 0.25) is 0 Å². The molecule has 0 bridgehead atoms. The summed E-state index contributed by atoms with van der Waals surface area (Å²) in [6, 6.07) is 6.87. The van der Waals surface area contributed by atoms with Crippen LogP contribution in [-0.4, -0.2) is 11.5 Å². The number of nitrogens with one attached hydrogen (secondary N) is 2. The predicted molar refractivity (Wildman–Crippen MR) is 85.4 cm³/mol. The Labute approximate surface area is 124 Å². The number of hydrogen-bond acceptors (Lipinski definition) is 4. The van der Waals surface area contributed by atoms with Crippen LogP contribution in [0.4, 0.5) is 5.69 Å². The monoisotopic (exact) mass is 287 g/mol. The van der Waals surface area contributed by atoms with Crippen molar-refractivity contribution >= 4 is 17.0 Å². The first-order valence-corrected chi connectivity index (χ1v) is 8.06. The van der Waals surface area contributed by atoms with E-state index in [0.29, 0.717) is 6.04 Å². The van der Waals surface area contributed by atoms with E-state index in [4.69, 9.17) is 0 Å². The zero-order chi connectivity index (χ0) is 13.9. The number of benzene rings is 1. The summed E-state index contributed by atoms with van der Waals surface area (Å²) in [7, 11) is 0. The maximum atomic E-state index is 4.46. The lowest BCUT2D eigenvalue weighted by Gasteiger charge is -2.22. The Balaban J connectivity index is 1.69. The molecule has 0 saturated heterocycles. The summed E-state index contributed by atoms with van der Waals surface area (Å²) in [6.45, 7) is 6.29. The van der Waals surface area contributed by atoms with Gasteiger partial charge in [-0.1, -0.05) is 12.1 Å². The van der Waals surface area contributed by atoms with Crippen molar-refractivity contribution in [2.45, 2.75) is 39.3 Å². The topological polar surface area (TPSA) is 37.0 Å². The summed E-state index contributed by atoms with van der Waals surface area (Å²) in [4.78, 5) is 5.73. The Morgan fingerprint density at radius 1 is 1.45 bits per heavy atom. The third-order valence-electron chi connectivity index (χ3n) is 3.80. The van der Waals surface area contributed by atoms with Gasteiger partial charge < -0.3 is 10.6 Å². The fourth-order valence-corrected chi connectivity index (χ4v) is 3.47. The highest BCUT2D eigenvalue weighted by atomic mass is 32.1. The Morgan fingerprint density at radius 2 is 2.35 bits per heavy atom. The zero-order valence-corrected chi connectivity index (χ0v) is 12.9. The molecule has 1 unspecified atom stereocenters. The second-order valence-corrected chi connectivity index (χ2v) is 6.65. The van der Waals surface area contributed by atoms with Crippen molar-refractivity contribution in [1.82, 2.24) is 10.3 Å². The smallest absolute Gasteiger partial charge is 0.109 e. The number of fused-ring (bicyclic) bond motifs is 1. The third kappa shape index (κ3) is 2.86. The highest BCUT2D eigenvalue weighted by Crippen LogP contribution is 2.26. The van der Waals surface area contributed by atoms with E-state index < -0.39 is 0 Å². The van der Waals surface area contributed by atoms with Crippen LogP contribution in [0.15, 0.2) is 24.4 Å². The van der Waals surface area contributed by atoms with Gasteiger partial charge in [-0.15, -0.1) is 11.3 Å². The van der Waals surface area contributed by atoms with Gasteiger partial charge in [0.1, 0.15) is 5.01 Å². The molecule has 2 heterocycles. The lowest BCUT2D eigenvalue weighted by atomic mass is 9.97. The minimum Gasteiger partial charge on any atom is -0.385 e. The van der Waals surface area contributed by atoms with Crippen LogP contribution in [0.3, 0.4) is 0 Å². The molecule has 3 rings (SSSR count). The molecule has 1 aliphatic heterocycles. The lowest BCUT2D eigenvalue weighted by molar-refractivity contribution is 0.568. The number of anilines is 1. The Bertz CT molecular complexity index is 591. The van der Waals surface area contributed by atoms with Crippen molar-refractivity contribution in [2.24, 2.45) is 0 Å². The fourth-order valence-electron chi connectivity index (χ4n) is 2.67. The van der Waals surface area contributed by atoms with Crippen LogP contribution >= 0.6 is 11.3 Å². The van der Waals surface area contributed by atoms with Crippen molar-refractivity contribution in [1.29, 1.82) is 0 Å². The highest BCUT2D eigenvalue weighted by Gasteiger charge is 2.14. The summed E-state index contributed by atoms with van der Waals surface area (Å²) < 4.78 is 0. The standard InChI is InChI=1S/C16H21N3S/c1-11-9-19-16(20-11)12(2)18-10-13-5-3-7-15-14(13)6-4-8-17-15/h3,5,7,9,12,17-18H,4,6,8,10H2,1-2H3. The van der Waals surface area contributed by atoms with Gasteiger partial charge in [0.05, 0.1) is 6.04 Å². The van der Waals surface area contributed by atoms with Crippen molar-refractivity contribution in [3.63, 3.8) is 0 Å². The molecule has 2 aromatic rings. The summed E-state index contributed by atoms with van der Waals surface area (Å²) >= 11 is 1.77. The average molecular weight is 287 g/mol. The summed E-state index contributed by atoms with van der Waals surface area (Å²) in [5.74, 6) is 0. The minimum atomic E-state index is 0.307. The number of hydrogen-bond donors (Lipinski definition) is 2. The van der Waals surface area contributed by atoms with Gasteiger partial charge in [0.15, 0.2) is 0 Å². The van der Waals surface area contributed by atoms with Gasteiger partial charge in [-0.3, -0.25) is 0 Å². The van der Waals surface area contributed by atoms with Crippen LogP contribution in [0.5, 0.6) is 0 Å². The average Bonchev–Trinajstić information content (AvgIpc) is 2.91. The fraction of sp³-hybridized carbons (Fsp3) is 0.438. The molecule has 0 radical (unpaired) electrons. The number of aryl methyl sites for hydroxylation is 1. The summed E-state index contributed by atoms with van der Waals surface area (Å²) in [6.07, 6.45) is 4.36. The van der Waals surface area contributed by atoms with Crippen LogP contribution in [0, 0.1) is 6.92 Å². The zero-order valence-electron chi connectivity index (χ0n) is 12.1. The molecule has 20 heavy (non-hydrogen) atoms. The van der Waals surface area contributed by atoms with Crippen LogP contribution in [0.25, 0.3) is 0 Å². The summed E-state index contributed by atoms with van der Waals surface area (Å²) in [5.41, 5.74) is 4.21. The molecular weight excluding hydrogens is 266 g/mol. The Hall–Kier alpha value is -1.39. The molecule has 1 aliphatic rings. The number of thiazole rings is 1. The van der Waals surface area contributed by atoms with E-state index in [9.17, 15) is 0 Å². The van der Waals surface area contributed by atoms with Gasteiger partial charge in [-0.05, 0) is 43.9 Å². The SMILES string of the molecule is Cc1cnc(C(C)NCc2cccc3c2CCCN3)s1. The van der Waals surface area contributed by atoms with Crippen molar-refractivity contribution < 1.29 is 0 Å². The molecule has 106 valence electrons. The van der Waals surface area contributed by atoms with E-state index in [1.165, 1.54) is 39.5 Å². The van der Waals surface area contributed by atoms with E-state index in [1.807, 2.05) is 6.20 Å². The molecule has 3 nitrogen and oxygen atoms in total. The van der Waals surface area contributed by atoms with Crippen molar-refractivity contribution in [2.75, 3.05) is 11.9 Å². The number of rotatable bonds is 4. The first-order chi connectivity index (χ1) is 9.74. The molecule has 0 fully saturated rings. The number of aromatic nitrogens is 1.